The summed E-state index contributed by atoms with van der Waals surface area (Å²) in [4.78, 5) is 15.1. The molecule has 5 heteroatoms. The molecule has 0 aromatic carbocycles. The predicted octanol–water partition coefficient (Wildman–Crippen LogP) is 1.63. The van der Waals surface area contributed by atoms with Crippen LogP contribution in [-0.2, 0) is 9.53 Å². The smallest absolute Gasteiger partial charge is 0.306 e. The summed E-state index contributed by atoms with van der Waals surface area (Å²) in [6.07, 6.45) is 2.01. The number of aryl methyl sites for hydroxylation is 1. The van der Waals surface area contributed by atoms with E-state index in [1.807, 2.05) is 13.0 Å². The second kappa shape index (κ2) is 5.60. The van der Waals surface area contributed by atoms with Crippen molar-refractivity contribution in [2.24, 2.45) is 0 Å². The summed E-state index contributed by atoms with van der Waals surface area (Å²) in [5.41, 5.74) is 7.27. The van der Waals surface area contributed by atoms with Crippen LogP contribution in [0.3, 0.4) is 0 Å². The molecule has 1 rings (SSSR count). The fraction of sp³-hybridized carbons (Fsp3) is 0.400. The Morgan fingerprint density at radius 2 is 2.40 bits per heavy atom. The number of ether oxygens (including phenoxy) is 1. The molecule has 1 heterocycles. The summed E-state index contributed by atoms with van der Waals surface area (Å²) in [7, 11) is 1.39. The van der Waals surface area contributed by atoms with E-state index in [-0.39, 0.29) is 5.97 Å². The first-order valence-electron chi connectivity index (χ1n) is 4.55. The molecule has 0 saturated carbocycles. The maximum absolute atomic E-state index is 10.9. The average Bonchev–Trinajstić information content (AvgIpc) is 2.21. The maximum Gasteiger partial charge on any atom is 0.306 e. The van der Waals surface area contributed by atoms with Crippen LogP contribution >= 0.6 is 11.8 Å². The van der Waals surface area contributed by atoms with E-state index in [4.69, 9.17) is 5.73 Å². The van der Waals surface area contributed by atoms with Gasteiger partial charge in [-0.2, -0.15) is 0 Å². The van der Waals surface area contributed by atoms with Gasteiger partial charge in [0.25, 0.3) is 0 Å². The van der Waals surface area contributed by atoms with Crippen LogP contribution in [0.4, 0.5) is 5.69 Å². The Kier molecular flexibility index (Phi) is 4.42. The maximum atomic E-state index is 10.9. The molecule has 15 heavy (non-hydrogen) atoms. The van der Waals surface area contributed by atoms with E-state index in [0.29, 0.717) is 17.9 Å². The lowest BCUT2D eigenvalue weighted by Crippen LogP contribution is -2.01. The van der Waals surface area contributed by atoms with E-state index in [1.54, 1.807) is 6.20 Å². The van der Waals surface area contributed by atoms with Crippen LogP contribution in [0.25, 0.3) is 0 Å². The number of pyridine rings is 1. The van der Waals surface area contributed by atoms with Crippen molar-refractivity contribution in [3.05, 3.63) is 17.8 Å². The van der Waals surface area contributed by atoms with Gasteiger partial charge in [0, 0.05) is 5.75 Å². The molecule has 0 saturated heterocycles. The number of methoxy groups -OCH3 is 1. The summed E-state index contributed by atoms with van der Waals surface area (Å²) in [6.45, 7) is 1.95. The van der Waals surface area contributed by atoms with Crippen LogP contribution in [0.15, 0.2) is 17.3 Å². The minimum Gasteiger partial charge on any atom is -0.469 e. The molecule has 0 aliphatic carbocycles. The summed E-state index contributed by atoms with van der Waals surface area (Å²) in [6, 6.07) is 1.87. The van der Waals surface area contributed by atoms with E-state index in [9.17, 15) is 4.79 Å². The third kappa shape index (κ3) is 3.79. The van der Waals surface area contributed by atoms with Gasteiger partial charge in [0.2, 0.25) is 0 Å². The summed E-state index contributed by atoms with van der Waals surface area (Å²) in [5, 5.41) is 0.910. The molecule has 0 unspecified atom stereocenters. The Morgan fingerprint density at radius 1 is 1.67 bits per heavy atom. The zero-order chi connectivity index (χ0) is 11.3. The molecular formula is C10H14N2O2S. The monoisotopic (exact) mass is 226 g/mol. The van der Waals surface area contributed by atoms with E-state index in [0.717, 1.165) is 10.6 Å². The summed E-state index contributed by atoms with van der Waals surface area (Å²) >= 11 is 1.53. The molecular weight excluding hydrogens is 212 g/mol. The first-order valence-corrected chi connectivity index (χ1v) is 5.53. The molecule has 0 amide bonds. The fourth-order valence-electron chi connectivity index (χ4n) is 1.07. The number of carbonyl (C=O) groups is 1. The van der Waals surface area contributed by atoms with E-state index in [2.05, 4.69) is 9.72 Å². The molecule has 0 radical (unpaired) electrons. The van der Waals surface area contributed by atoms with Gasteiger partial charge in [0.05, 0.1) is 30.4 Å². The fourth-order valence-corrected chi connectivity index (χ4v) is 1.94. The van der Waals surface area contributed by atoms with Gasteiger partial charge in [-0.15, -0.1) is 11.8 Å². The quantitative estimate of drug-likeness (QED) is 0.624. The standard InChI is InChI=1S/C10H14N2O2S/c1-7-5-8(11)6-12-10(7)15-4-3-9(13)14-2/h5-6H,3-4,11H2,1-2H3. The van der Waals surface area contributed by atoms with Crippen molar-refractivity contribution in [1.82, 2.24) is 4.98 Å². The third-order valence-electron chi connectivity index (χ3n) is 1.82. The van der Waals surface area contributed by atoms with Crippen LogP contribution < -0.4 is 5.73 Å². The molecule has 0 aliphatic heterocycles. The highest BCUT2D eigenvalue weighted by atomic mass is 32.2. The molecule has 0 atom stereocenters. The highest BCUT2D eigenvalue weighted by molar-refractivity contribution is 7.99. The minimum atomic E-state index is -0.199. The van der Waals surface area contributed by atoms with Crippen molar-refractivity contribution in [2.45, 2.75) is 18.4 Å². The van der Waals surface area contributed by atoms with Gasteiger partial charge in [0.1, 0.15) is 0 Å². The molecule has 4 nitrogen and oxygen atoms in total. The van der Waals surface area contributed by atoms with Gasteiger partial charge in [-0.1, -0.05) is 0 Å². The number of nitrogen functional groups attached to an aromatic ring is 1. The van der Waals surface area contributed by atoms with Gasteiger partial charge in [0.15, 0.2) is 0 Å². The van der Waals surface area contributed by atoms with Gasteiger partial charge in [-0.3, -0.25) is 4.79 Å². The van der Waals surface area contributed by atoms with Crippen LogP contribution in [0.2, 0.25) is 0 Å². The SMILES string of the molecule is COC(=O)CCSc1ncc(N)cc1C. The zero-order valence-electron chi connectivity index (χ0n) is 8.82. The average molecular weight is 226 g/mol. The highest BCUT2D eigenvalue weighted by Crippen LogP contribution is 2.21. The van der Waals surface area contributed by atoms with Gasteiger partial charge in [-0.05, 0) is 18.6 Å². The lowest BCUT2D eigenvalue weighted by atomic mass is 10.3. The molecule has 82 valence electrons. The number of thioether (sulfide) groups is 1. The Hall–Kier alpha value is -1.23. The lowest BCUT2D eigenvalue weighted by Gasteiger charge is -2.04. The van der Waals surface area contributed by atoms with Crippen molar-refractivity contribution < 1.29 is 9.53 Å². The second-order valence-corrected chi connectivity index (χ2v) is 4.15. The number of anilines is 1. The Morgan fingerprint density at radius 3 is 3.00 bits per heavy atom. The normalized spacial score (nSPS) is 10.0. The molecule has 0 aliphatic rings. The zero-order valence-corrected chi connectivity index (χ0v) is 9.63. The highest BCUT2D eigenvalue weighted by Gasteiger charge is 2.04. The van der Waals surface area contributed by atoms with Crippen LogP contribution in [0.1, 0.15) is 12.0 Å². The Labute approximate surface area is 93.2 Å². The number of nitrogens with two attached hydrogens (primary N) is 1. The van der Waals surface area contributed by atoms with Crippen LogP contribution in [0, 0.1) is 6.92 Å². The number of esters is 1. The first kappa shape index (κ1) is 11.8. The van der Waals surface area contributed by atoms with Crippen LogP contribution in [0.5, 0.6) is 0 Å². The Bertz CT molecular complexity index is 355. The number of carbonyl (C=O) groups excluding carboxylic acids is 1. The number of nitrogens with zero attached hydrogens (tertiary/aromatic N) is 1. The van der Waals surface area contributed by atoms with E-state index < -0.39 is 0 Å². The number of hydrogen-bond acceptors (Lipinski definition) is 5. The molecule has 0 fully saturated rings. The van der Waals surface area contributed by atoms with E-state index >= 15 is 0 Å². The Balaban J connectivity index is 2.47. The number of aromatic nitrogens is 1. The lowest BCUT2D eigenvalue weighted by molar-refractivity contribution is -0.140. The van der Waals surface area contributed by atoms with Crippen molar-refractivity contribution in [2.75, 3.05) is 18.6 Å². The molecule has 0 bridgehead atoms. The first-order chi connectivity index (χ1) is 7.13. The van der Waals surface area contributed by atoms with Crippen molar-refractivity contribution in [3.63, 3.8) is 0 Å². The molecule has 1 aromatic rings. The second-order valence-electron chi connectivity index (χ2n) is 3.07. The number of hydrogen-bond donors (Lipinski definition) is 1. The summed E-state index contributed by atoms with van der Waals surface area (Å²) in [5.74, 6) is 0.473. The van der Waals surface area contributed by atoms with Crippen molar-refractivity contribution in [1.29, 1.82) is 0 Å². The van der Waals surface area contributed by atoms with Crippen LogP contribution in [-0.4, -0.2) is 23.8 Å². The van der Waals surface area contributed by atoms with E-state index in [1.165, 1.54) is 18.9 Å². The number of rotatable bonds is 4. The minimum absolute atomic E-state index is 0.199. The largest absolute Gasteiger partial charge is 0.469 e. The summed E-state index contributed by atoms with van der Waals surface area (Å²) < 4.78 is 4.54. The molecule has 0 spiro atoms. The van der Waals surface area contributed by atoms with Crippen molar-refractivity contribution in [3.8, 4) is 0 Å². The predicted molar refractivity (Wildman–Crippen MR) is 60.7 cm³/mol. The van der Waals surface area contributed by atoms with Gasteiger partial charge in [-0.25, -0.2) is 4.98 Å². The third-order valence-corrected chi connectivity index (χ3v) is 2.93. The molecule has 2 N–H and O–H groups in total. The van der Waals surface area contributed by atoms with Gasteiger partial charge < -0.3 is 10.5 Å². The topological polar surface area (TPSA) is 65.2 Å². The van der Waals surface area contributed by atoms with Gasteiger partial charge >= 0.3 is 5.97 Å². The van der Waals surface area contributed by atoms with Crippen molar-refractivity contribution >= 4 is 23.4 Å². The molecule has 1 aromatic heterocycles.